The highest BCUT2D eigenvalue weighted by atomic mass is 32.1. The lowest BCUT2D eigenvalue weighted by atomic mass is 9.93. The Morgan fingerprint density at radius 3 is 1.00 bits per heavy atom. The van der Waals surface area contributed by atoms with Crippen LogP contribution >= 0.6 is 34.0 Å². The first-order valence-corrected chi connectivity index (χ1v) is 45.8. The Balaban J connectivity index is 0.538. The lowest BCUT2D eigenvalue weighted by molar-refractivity contribution is 0.668. The van der Waals surface area contributed by atoms with Crippen molar-refractivity contribution >= 4 is 194 Å². The van der Waals surface area contributed by atoms with Gasteiger partial charge in [0.05, 0.1) is 0 Å². The molecule has 0 bridgehead atoms. The number of furan rings is 3. The van der Waals surface area contributed by atoms with Gasteiger partial charge in [0, 0.05) is 138 Å². The highest BCUT2D eigenvalue weighted by Gasteiger charge is 2.26. The Bertz CT molecular complexity index is 8930. The monoisotopic (exact) mass is 1680 g/mol. The fourth-order valence-corrected chi connectivity index (χ4v) is 23.5. The van der Waals surface area contributed by atoms with Crippen molar-refractivity contribution in [2.75, 3.05) is 9.80 Å². The first-order valence-electron chi connectivity index (χ1n) is 43.4. The average Bonchev–Trinajstić information content (AvgIpc) is 1.47. The standard InChI is InChI=1S/C120H72N2O3S3/c1-6-33-104-99(23-1)114-90(27-14-36-107(114)123-104)75-46-59-86(60-47-75)121(85-57-44-74(45-58-85)80-19-12-21-83(71-80)93-28-15-37-108-115(93)100-24-2-7-34-105(100)124-108)88-63-50-77(51-64-88)92-30-17-41-112-117(92)103-32-13-31-98(120(103)128-112)97-69-68-94(118-101-25-3-8-35-106(101)125-119(97)118)78-52-65-89(66-53-78)122(87-61-48-76(49-62-87)91-29-16-40-111-116(91)102-26-5-10-39-110(102)126-111)84-55-42-73(43-56-84)79-18-11-20-81(70-79)82-54-67-96-95-22-4-9-38-109(95)127-113(96)72-82/h1-72H. The summed E-state index contributed by atoms with van der Waals surface area (Å²) >= 11 is 5.57. The molecule has 128 heavy (non-hydrogen) atoms. The number of rotatable bonds is 15. The predicted molar refractivity (Wildman–Crippen MR) is 545 cm³/mol. The molecule has 6 aromatic heterocycles. The van der Waals surface area contributed by atoms with E-state index < -0.39 is 0 Å². The van der Waals surface area contributed by atoms with Crippen molar-refractivity contribution in [1.29, 1.82) is 0 Å². The Morgan fingerprint density at radius 2 is 0.469 bits per heavy atom. The summed E-state index contributed by atoms with van der Waals surface area (Å²) in [5.74, 6) is 0. The van der Waals surface area contributed by atoms with Crippen molar-refractivity contribution in [3.63, 3.8) is 0 Å². The van der Waals surface area contributed by atoms with Crippen molar-refractivity contribution < 1.29 is 13.3 Å². The third-order valence-electron chi connectivity index (χ3n) is 26.0. The zero-order valence-corrected chi connectivity index (χ0v) is 71.4. The summed E-state index contributed by atoms with van der Waals surface area (Å²) in [7, 11) is 0. The summed E-state index contributed by atoms with van der Waals surface area (Å²) in [4.78, 5) is 4.76. The van der Waals surface area contributed by atoms with E-state index in [0.717, 1.165) is 167 Å². The first-order chi connectivity index (χ1) is 63.4. The van der Waals surface area contributed by atoms with Crippen molar-refractivity contribution in [1.82, 2.24) is 0 Å². The molecule has 8 heteroatoms. The summed E-state index contributed by atoms with van der Waals surface area (Å²) in [6.45, 7) is 0. The number of nitrogens with zero attached hydrogens (tertiary/aromatic N) is 2. The Kier molecular flexibility index (Phi) is 17.2. The molecule has 0 atom stereocenters. The van der Waals surface area contributed by atoms with E-state index in [4.69, 9.17) is 13.3 Å². The molecule has 0 aliphatic rings. The van der Waals surface area contributed by atoms with Gasteiger partial charge in [-0.1, -0.05) is 285 Å². The third-order valence-corrected chi connectivity index (χ3v) is 29.4. The summed E-state index contributed by atoms with van der Waals surface area (Å²) in [6.07, 6.45) is 0. The van der Waals surface area contributed by atoms with E-state index in [2.05, 4.69) is 422 Å². The minimum absolute atomic E-state index is 0.851. The van der Waals surface area contributed by atoms with Crippen LogP contribution in [0.25, 0.3) is 226 Å². The Hall–Kier alpha value is -15.9. The van der Waals surface area contributed by atoms with Crippen LogP contribution in [0.15, 0.2) is 450 Å². The summed E-state index contributed by atoms with van der Waals surface area (Å²) in [5.41, 5.74) is 32.2. The van der Waals surface area contributed by atoms with Crippen molar-refractivity contribution in [2.24, 2.45) is 0 Å². The van der Waals surface area contributed by atoms with E-state index in [9.17, 15) is 0 Å². The fraction of sp³-hybridized carbons (Fsp3) is 0. The largest absolute Gasteiger partial charge is 0.456 e. The molecule has 0 radical (unpaired) electrons. The van der Waals surface area contributed by atoms with E-state index in [1.165, 1.54) is 93.9 Å². The van der Waals surface area contributed by atoms with Gasteiger partial charge >= 0.3 is 0 Å². The van der Waals surface area contributed by atoms with Gasteiger partial charge in [0.25, 0.3) is 0 Å². The van der Waals surface area contributed by atoms with E-state index >= 15 is 0 Å². The topological polar surface area (TPSA) is 45.9 Å². The molecule has 26 aromatic rings. The van der Waals surface area contributed by atoms with Gasteiger partial charge in [0.1, 0.15) is 33.5 Å². The van der Waals surface area contributed by atoms with Crippen LogP contribution in [0.4, 0.5) is 34.1 Å². The molecule has 5 nitrogen and oxygen atoms in total. The zero-order chi connectivity index (χ0) is 84.0. The molecule has 0 unspecified atom stereocenters. The number of hydrogen-bond donors (Lipinski definition) is 0. The van der Waals surface area contributed by atoms with Gasteiger partial charge in [0.2, 0.25) is 0 Å². The van der Waals surface area contributed by atoms with Gasteiger partial charge in [-0.2, -0.15) is 0 Å². The zero-order valence-electron chi connectivity index (χ0n) is 68.9. The molecule has 6 heterocycles. The summed E-state index contributed by atoms with van der Waals surface area (Å²) in [6, 6.07) is 160. The van der Waals surface area contributed by atoms with Gasteiger partial charge in [-0.15, -0.1) is 34.0 Å². The smallest absolute Gasteiger partial charge is 0.143 e. The molecular weight excluding hydrogens is 1610 g/mol. The molecule has 20 aromatic carbocycles. The van der Waals surface area contributed by atoms with Gasteiger partial charge in [0.15, 0.2) is 0 Å². The van der Waals surface area contributed by atoms with Crippen LogP contribution < -0.4 is 9.80 Å². The number of anilines is 6. The fourth-order valence-electron chi connectivity index (χ4n) is 19.9. The second kappa shape index (κ2) is 29.9. The Labute approximate surface area is 748 Å². The van der Waals surface area contributed by atoms with Crippen LogP contribution in [-0.2, 0) is 0 Å². The van der Waals surface area contributed by atoms with Crippen LogP contribution in [0.3, 0.4) is 0 Å². The predicted octanol–water partition coefficient (Wildman–Crippen LogP) is 36.4. The van der Waals surface area contributed by atoms with Gasteiger partial charge in [-0.25, -0.2) is 0 Å². The molecule has 0 saturated heterocycles. The maximum absolute atomic E-state index is 7.17. The van der Waals surface area contributed by atoms with E-state index in [-0.39, 0.29) is 0 Å². The molecule has 0 saturated carbocycles. The van der Waals surface area contributed by atoms with Crippen LogP contribution in [0.5, 0.6) is 0 Å². The van der Waals surface area contributed by atoms with Gasteiger partial charge in [-0.05, 0) is 241 Å². The normalized spacial score (nSPS) is 11.9. The third kappa shape index (κ3) is 12.2. The average molecular weight is 1690 g/mol. The minimum atomic E-state index is 0.851. The molecular formula is C120H72N2O3S3. The lowest BCUT2D eigenvalue weighted by Gasteiger charge is -2.26. The second-order valence-electron chi connectivity index (χ2n) is 33.2. The quantitative estimate of drug-likeness (QED) is 0.102. The molecule has 26 rings (SSSR count). The number of para-hydroxylation sites is 3. The van der Waals surface area contributed by atoms with Crippen molar-refractivity contribution in [2.45, 2.75) is 0 Å². The van der Waals surface area contributed by atoms with Crippen LogP contribution in [0.2, 0.25) is 0 Å². The maximum atomic E-state index is 7.17. The van der Waals surface area contributed by atoms with E-state index in [0.29, 0.717) is 0 Å². The van der Waals surface area contributed by atoms with Gasteiger partial charge in [-0.3, -0.25) is 0 Å². The maximum Gasteiger partial charge on any atom is 0.143 e. The Morgan fingerprint density at radius 1 is 0.156 bits per heavy atom. The van der Waals surface area contributed by atoms with E-state index in [1.54, 1.807) is 0 Å². The first kappa shape index (κ1) is 73.6. The van der Waals surface area contributed by atoms with Crippen LogP contribution in [0.1, 0.15) is 0 Å². The number of benzene rings is 20. The molecule has 0 aliphatic heterocycles. The SMILES string of the molecule is c1cc(-c2ccc(N(c3ccc(-c4cccc5sc6ccccc6c45)cc3)c3ccc(-c4ccc(-c5cccc6c5sc5cccc(-c7ccc(N(c8ccc(-c9cccc(-c%10cccc%11oc%12ccccc%12c%10%11)c9)cc8)c8ccc(-c9cccc%10oc%11ccccc%11c9%10)cc8)cc7)c56)c5oc6ccccc6c45)cc3)cc2)cc(-c2ccc3c(c2)sc2ccccc23)c1. The molecule has 598 valence electrons. The van der Waals surface area contributed by atoms with Crippen molar-refractivity contribution in [3.8, 4) is 100 Å². The molecule has 0 amide bonds. The minimum Gasteiger partial charge on any atom is -0.456 e. The summed E-state index contributed by atoms with van der Waals surface area (Å²) < 4.78 is 27.6. The van der Waals surface area contributed by atoms with Crippen LogP contribution in [-0.4, -0.2) is 0 Å². The molecule has 0 spiro atoms. The number of thiophene rings is 3. The molecule has 0 N–H and O–H groups in total. The number of hydrogen-bond acceptors (Lipinski definition) is 8. The van der Waals surface area contributed by atoms with Crippen molar-refractivity contribution in [3.05, 3.63) is 437 Å². The molecule has 0 fully saturated rings. The lowest BCUT2D eigenvalue weighted by Crippen LogP contribution is -2.09. The van der Waals surface area contributed by atoms with E-state index in [1.807, 2.05) is 58.3 Å². The molecule has 0 aliphatic carbocycles. The highest BCUT2D eigenvalue weighted by Crippen LogP contribution is 2.52. The highest BCUT2D eigenvalue weighted by molar-refractivity contribution is 7.27. The summed E-state index contributed by atoms with van der Waals surface area (Å²) in [5, 5.41) is 14.3. The number of fused-ring (bicyclic) bond motifs is 18. The van der Waals surface area contributed by atoms with Gasteiger partial charge < -0.3 is 23.1 Å². The van der Waals surface area contributed by atoms with Crippen LogP contribution in [0, 0.1) is 0 Å². The second-order valence-corrected chi connectivity index (χ2v) is 36.4.